The van der Waals surface area contributed by atoms with Gasteiger partial charge in [0.25, 0.3) is 0 Å². The van der Waals surface area contributed by atoms with Crippen LogP contribution in [0.15, 0.2) is 24.3 Å². The van der Waals surface area contributed by atoms with Crippen LogP contribution >= 0.6 is 0 Å². The van der Waals surface area contributed by atoms with Gasteiger partial charge in [-0.25, -0.2) is 4.39 Å². The maximum absolute atomic E-state index is 13.3. The fraction of sp³-hybridized carbons (Fsp3) is 0.588. The zero-order valence-electron chi connectivity index (χ0n) is 12.8. The van der Waals surface area contributed by atoms with E-state index in [1.54, 1.807) is 12.1 Å². The van der Waals surface area contributed by atoms with E-state index in [-0.39, 0.29) is 17.8 Å². The first-order valence-corrected chi connectivity index (χ1v) is 8.07. The summed E-state index contributed by atoms with van der Waals surface area (Å²) in [4.78, 5) is 14.1. The number of hydrogen-bond acceptors (Lipinski definition) is 3. The molecular formula is C17H23FN2O2. The van der Waals surface area contributed by atoms with Gasteiger partial charge >= 0.3 is 0 Å². The van der Waals surface area contributed by atoms with Crippen LogP contribution in [0.5, 0.6) is 0 Å². The van der Waals surface area contributed by atoms with E-state index < -0.39 is 0 Å². The predicted octanol–water partition coefficient (Wildman–Crippen LogP) is 1.91. The second-order valence-electron chi connectivity index (χ2n) is 6.21. The Bertz CT molecular complexity index is 517. The molecule has 0 bridgehead atoms. The van der Waals surface area contributed by atoms with Gasteiger partial charge in [0.05, 0.1) is 12.6 Å². The van der Waals surface area contributed by atoms with E-state index in [2.05, 4.69) is 10.2 Å². The third-order valence-corrected chi connectivity index (χ3v) is 4.51. The number of hydrogen-bond donors (Lipinski definition) is 1. The molecule has 3 rings (SSSR count). The van der Waals surface area contributed by atoms with Crippen molar-refractivity contribution in [3.05, 3.63) is 35.6 Å². The van der Waals surface area contributed by atoms with Gasteiger partial charge in [-0.15, -0.1) is 0 Å². The predicted molar refractivity (Wildman–Crippen MR) is 82.2 cm³/mol. The molecule has 22 heavy (non-hydrogen) atoms. The third kappa shape index (κ3) is 4.05. The van der Waals surface area contributed by atoms with Crippen molar-refractivity contribution in [3.63, 3.8) is 0 Å². The molecule has 1 aromatic carbocycles. The summed E-state index contributed by atoms with van der Waals surface area (Å²) in [5, 5.41) is 2.95. The molecule has 2 aliphatic heterocycles. The average molecular weight is 306 g/mol. The van der Waals surface area contributed by atoms with Crippen LogP contribution in [-0.2, 0) is 9.53 Å². The molecule has 0 saturated carbocycles. The zero-order valence-corrected chi connectivity index (χ0v) is 12.8. The summed E-state index contributed by atoms with van der Waals surface area (Å²) in [7, 11) is 0. The van der Waals surface area contributed by atoms with Crippen LogP contribution in [0.2, 0.25) is 0 Å². The highest BCUT2D eigenvalue weighted by Crippen LogP contribution is 2.27. The lowest BCUT2D eigenvalue weighted by atomic mass is 9.98. The number of amides is 1. The number of benzene rings is 1. The van der Waals surface area contributed by atoms with Crippen LogP contribution in [0.3, 0.4) is 0 Å². The molecule has 0 unspecified atom stereocenters. The van der Waals surface area contributed by atoms with Crippen molar-refractivity contribution in [1.82, 2.24) is 10.2 Å². The molecule has 2 atom stereocenters. The van der Waals surface area contributed by atoms with Crippen molar-refractivity contribution in [3.8, 4) is 0 Å². The summed E-state index contributed by atoms with van der Waals surface area (Å²) >= 11 is 0. The van der Waals surface area contributed by atoms with Gasteiger partial charge < -0.3 is 10.1 Å². The van der Waals surface area contributed by atoms with Crippen LogP contribution in [-0.4, -0.2) is 49.7 Å². The second kappa shape index (κ2) is 7.20. The molecule has 120 valence electrons. The fourth-order valence-electron chi connectivity index (χ4n) is 3.30. The van der Waals surface area contributed by atoms with Crippen molar-refractivity contribution in [1.29, 1.82) is 0 Å². The zero-order chi connectivity index (χ0) is 15.4. The van der Waals surface area contributed by atoms with Gasteiger partial charge in [-0.2, -0.15) is 0 Å². The standard InChI is InChI=1S/C17H23FN2O2/c18-15-4-1-3-13(9-15)14-6-7-20(11-14)12-17(21)19-10-16-5-2-8-22-16/h1,3-4,9,14,16H,2,5-8,10-12H2,(H,19,21)/t14-,16+/m0/s1. The molecule has 0 spiro atoms. The van der Waals surface area contributed by atoms with Crippen molar-refractivity contribution in [2.75, 3.05) is 32.8 Å². The van der Waals surface area contributed by atoms with Crippen LogP contribution < -0.4 is 5.32 Å². The van der Waals surface area contributed by atoms with Crippen LogP contribution in [0, 0.1) is 5.82 Å². The summed E-state index contributed by atoms with van der Waals surface area (Å²) < 4.78 is 18.8. The van der Waals surface area contributed by atoms with Gasteiger partial charge in [-0.3, -0.25) is 9.69 Å². The number of ether oxygens (including phenoxy) is 1. The highest BCUT2D eigenvalue weighted by atomic mass is 19.1. The number of likely N-dealkylation sites (tertiary alicyclic amines) is 1. The number of carbonyl (C=O) groups is 1. The van der Waals surface area contributed by atoms with Gasteiger partial charge in [0.15, 0.2) is 0 Å². The summed E-state index contributed by atoms with van der Waals surface area (Å²) in [5.41, 5.74) is 1.03. The van der Waals surface area contributed by atoms with Gasteiger partial charge in [0.2, 0.25) is 5.91 Å². The molecule has 2 aliphatic rings. The topological polar surface area (TPSA) is 41.6 Å². The highest BCUT2D eigenvalue weighted by Gasteiger charge is 2.25. The molecule has 1 N–H and O–H groups in total. The second-order valence-corrected chi connectivity index (χ2v) is 6.21. The Morgan fingerprint density at radius 3 is 3.09 bits per heavy atom. The number of nitrogens with one attached hydrogen (secondary N) is 1. The largest absolute Gasteiger partial charge is 0.376 e. The van der Waals surface area contributed by atoms with E-state index in [0.29, 0.717) is 19.0 Å². The Hall–Kier alpha value is -1.46. The van der Waals surface area contributed by atoms with E-state index in [9.17, 15) is 9.18 Å². The molecule has 4 nitrogen and oxygen atoms in total. The Morgan fingerprint density at radius 2 is 2.32 bits per heavy atom. The van der Waals surface area contributed by atoms with E-state index in [1.165, 1.54) is 6.07 Å². The molecule has 1 amide bonds. The van der Waals surface area contributed by atoms with Crippen LogP contribution in [0.1, 0.15) is 30.7 Å². The average Bonchev–Trinajstić information content (AvgIpc) is 3.16. The van der Waals surface area contributed by atoms with Gasteiger partial charge in [0.1, 0.15) is 5.82 Å². The summed E-state index contributed by atoms with van der Waals surface area (Å²) in [6.07, 6.45) is 3.28. The van der Waals surface area contributed by atoms with E-state index in [4.69, 9.17) is 4.74 Å². The Morgan fingerprint density at radius 1 is 1.41 bits per heavy atom. The maximum Gasteiger partial charge on any atom is 0.234 e. The smallest absolute Gasteiger partial charge is 0.234 e. The molecule has 2 saturated heterocycles. The molecule has 1 aromatic rings. The van der Waals surface area contributed by atoms with Crippen molar-refractivity contribution in [2.24, 2.45) is 0 Å². The van der Waals surface area contributed by atoms with Gasteiger partial charge in [-0.1, -0.05) is 12.1 Å². The monoisotopic (exact) mass is 306 g/mol. The quantitative estimate of drug-likeness (QED) is 0.903. The maximum atomic E-state index is 13.3. The SMILES string of the molecule is O=C(CN1CC[C@H](c2cccc(F)c2)C1)NC[C@H]1CCCO1. The lowest BCUT2D eigenvalue weighted by Gasteiger charge is -2.17. The number of nitrogens with zero attached hydrogens (tertiary/aromatic N) is 1. The molecule has 5 heteroatoms. The Kier molecular flexibility index (Phi) is 5.05. The third-order valence-electron chi connectivity index (χ3n) is 4.51. The lowest BCUT2D eigenvalue weighted by Crippen LogP contribution is -2.39. The molecule has 0 aliphatic carbocycles. The molecule has 0 radical (unpaired) electrons. The first-order valence-electron chi connectivity index (χ1n) is 8.07. The first kappa shape index (κ1) is 15.4. The van der Waals surface area contributed by atoms with Crippen LogP contribution in [0.25, 0.3) is 0 Å². The molecule has 0 aromatic heterocycles. The summed E-state index contributed by atoms with van der Waals surface area (Å²) in [6.45, 7) is 3.53. The Balaban J connectivity index is 1.43. The van der Waals surface area contributed by atoms with E-state index in [0.717, 1.165) is 44.5 Å². The fourth-order valence-corrected chi connectivity index (χ4v) is 3.30. The van der Waals surface area contributed by atoms with Crippen molar-refractivity contribution >= 4 is 5.91 Å². The van der Waals surface area contributed by atoms with Crippen molar-refractivity contribution in [2.45, 2.75) is 31.3 Å². The molecular weight excluding hydrogens is 283 g/mol. The lowest BCUT2D eigenvalue weighted by molar-refractivity contribution is -0.122. The van der Waals surface area contributed by atoms with Gasteiger partial charge in [-0.05, 0) is 49.4 Å². The molecule has 2 fully saturated rings. The number of carbonyl (C=O) groups excluding carboxylic acids is 1. The normalized spacial score (nSPS) is 25.5. The minimum absolute atomic E-state index is 0.0513. The molecule has 2 heterocycles. The van der Waals surface area contributed by atoms with Gasteiger partial charge in [0, 0.05) is 19.7 Å². The van der Waals surface area contributed by atoms with Crippen LogP contribution in [0.4, 0.5) is 4.39 Å². The summed E-state index contributed by atoms with van der Waals surface area (Å²) in [6, 6.07) is 6.79. The number of halogens is 1. The Labute approximate surface area is 130 Å². The summed E-state index contributed by atoms with van der Waals surface area (Å²) in [5.74, 6) is 0.183. The highest BCUT2D eigenvalue weighted by molar-refractivity contribution is 5.78. The minimum Gasteiger partial charge on any atom is -0.376 e. The minimum atomic E-state index is -0.190. The first-order chi connectivity index (χ1) is 10.7. The van der Waals surface area contributed by atoms with Crippen molar-refractivity contribution < 1.29 is 13.9 Å². The van der Waals surface area contributed by atoms with E-state index in [1.807, 2.05) is 6.07 Å². The number of rotatable bonds is 5. The van der Waals surface area contributed by atoms with E-state index >= 15 is 0 Å².